The number of aromatic carboxylic acids is 1. The van der Waals surface area contributed by atoms with Gasteiger partial charge in [0.15, 0.2) is 5.69 Å². The molecule has 0 aliphatic carbocycles. The number of hydrogen-bond acceptors (Lipinski definition) is 4. The summed E-state index contributed by atoms with van der Waals surface area (Å²) in [5.41, 5.74) is 2.39. The molecule has 2 aromatic heterocycles. The molecule has 0 aliphatic heterocycles. The number of aryl methyl sites for hydroxylation is 1. The summed E-state index contributed by atoms with van der Waals surface area (Å²) in [6.07, 6.45) is 2.92. The van der Waals surface area contributed by atoms with Crippen molar-refractivity contribution in [1.82, 2.24) is 24.5 Å². The summed E-state index contributed by atoms with van der Waals surface area (Å²) in [5.74, 6) is -1.07. The number of carboxylic acid groups (broad SMARTS) is 1. The van der Waals surface area contributed by atoms with Crippen molar-refractivity contribution in [3.05, 3.63) is 36.4 Å². The van der Waals surface area contributed by atoms with E-state index in [2.05, 4.69) is 15.3 Å². The normalized spacial score (nSPS) is 10.9. The topological polar surface area (TPSA) is 85.8 Å². The van der Waals surface area contributed by atoms with Crippen molar-refractivity contribution in [2.45, 2.75) is 0 Å². The Morgan fingerprint density at radius 1 is 1.39 bits per heavy atom. The molecule has 3 rings (SSSR count). The molecule has 7 nitrogen and oxygen atoms in total. The van der Waals surface area contributed by atoms with Crippen LogP contribution in [0.3, 0.4) is 0 Å². The van der Waals surface area contributed by atoms with E-state index in [1.54, 1.807) is 18.5 Å². The van der Waals surface area contributed by atoms with Gasteiger partial charge < -0.3 is 9.67 Å². The molecule has 0 saturated carbocycles. The Labute approximate surface area is 101 Å². The van der Waals surface area contributed by atoms with Crippen molar-refractivity contribution in [3.8, 4) is 5.69 Å². The van der Waals surface area contributed by atoms with Gasteiger partial charge >= 0.3 is 5.97 Å². The number of aromatic nitrogens is 5. The average molecular weight is 243 g/mol. The number of fused-ring (bicyclic) bond motifs is 1. The van der Waals surface area contributed by atoms with Gasteiger partial charge in [0.25, 0.3) is 0 Å². The van der Waals surface area contributed by atoms with E-state index < -0.39 is 5.97 Å². The summed E-state index contributed by atoms with van der Waals surface area (Å²) in [6, 6.07) is 5.42. The summed E-state index contributed by atoms with van der Waals surface area (Å²) in [5, 5.41) is 16.4. The lowest BCUT2D eigenvalue weighted by molar-refractivity contribution is 0.0687. The van der Waals surface area contributed by atoms with Crippen LogP contribution < -0.4 is 0 Å². The highest BCUT2D eigenvalue weighted by atomic mass is 16.4. The third-order valence-corrected chi connectivity index (χ3v) is 2.72. The average Bonchev–Trinajstić information content (AvgIpc) is 2.96. The quantitative estimate of drug-likeness (QED) is 0.721. The number of benzene rings is 1. The van der Waals surface area contributed by atoms with Crippen LogP contribution in [0.2, 0.25) is 0 Å². The zero-order chi connectivity index (χ0) is 12.7. The van der Waals surface area contributed by atoms with E-state index in [1.807, 2.05) is 17.7 Å². The van der Waals surface area contributed by atoms with Crippen LogP contribution in [0.15, 0.2) is 30.7 Å². The molecule has 0 radical (unpaired) electrons. The molecule has 0 aliphatic rings. The number of rotatable bonds is 2. The molecule has 7 heteroatoms. The van der Waals surface area contributed by atoms with Crippen LogP contribution in [-0.4, -0.2) is 35.6 Å². The van der Waals surface area contributed by atoms with Crippen molar-refractivity contribution in [2.75, 3.05) is 0 Å². The summed E-state index contributed by atoms with van der Waals surface area (Å²) < 4.78 is 3.16. The predicted molar refractivity (Wildman–Crippen MR) is 62.6 cm³/mol. The van der Waals surface area contributed by atoms with Gasteiger partial charge in [-0.2, -0.15) is 0 Å². The molecule has 2 heterocycles. The second-order valence-electron chi connectivity index (χ2n) is 3.86. The molecule has 0 fully saturated rings. The molecule has 0 bridgehead atoms. The number of nitrogens with zero attached hydrogens (tertiary/aromatic N) is 5. The van der Waals surface area contributed by atoms with E-state index in [0.29, 0.717) is 5.69 Å². The van der Waals surface area contributed by atoms with E-state index in [9.17, 15) is 4.79 Å². The van der Waals surface area contributed by atoms with Gasteiger partial charge in [-0.05, 0) is 18.2 Å². The lowest BCUT2D eigenvalue weighted by Gasteiger charge is -2.03. The Morgan fingerprint density at radius 3 is 3.00 bits per heavy atom. The van der Waals surface area contributed by atoms with Crippen LogP contribution >= 0.6 is 0 Å². The highest BCUT2D eigenvalue weighted by Crippen LogP contribution is 2.17. The first kappa shape index (κ1) is 10.5. The van der Waals surface area contributed by atoms with E-state index >= 15 is 0 Å². The van der Waals surface area contributed by atoms with Crippen LogP contribution in [0.1, 0.15) is 10.5 Å². The second-order valence-corrected chi connectivity index (χ2v) is 3.86. The highest BCUT2D eigenvalue weighted by Gasteiger charge is 2.13. The van der Waals surface area contributed by atoms with Gasteiger partial charge in [0, 0.05) is 7.05 Å². The molecule has 1 N–H and O–H groups in total. The largest absolute Gasteiger partial charge is 0.476 e. The first-order valence-corrected chi connectivity index (χ1v) is 5.22. The van der Waals surface area contributed by atoms with Gasteiger partial charge in [0.1, 0.15) is 0 Å². The molecule has 18 heavy (non-hydrogen) atoms. The van der Waals surface area contributed by atoms with Gasteiger partial charge in [0.2, 0.25) is 0 Å². The molecule has 3 aromatic rings. The van der Waals surface area contributed by atoms with Crippen LogP contribution in [0.25, 0.3) is 16.7 Å². The number of hydrogen-bond donors (Lipinski definition) is 1. The molecule has 0 saturated heterocycles. The van der Waals surface area contributed by atoms with Gasteiger partial charge in [-0.25, -0.2) is 14.5 Å². The minimum atomic E-state index is -1.07. The smallest absolute Gasteiger partial charge is 0.356 e. The fourth-order valence-electron chi connectivity index (χ4n) is 1.83. The van der Waals surface area contributed by atoms with Crippen molar-refractivity contribution >= 4 is 17.0 Å². The lowest BCUT2D eigenvalue weighted by Crippen LogP contribution is -2.07. The zero-order valence-electron chi connectivity index (χ0n) is 9.48. The molecular formula is C11H9N5O2. The van der Waals surface area contributed by atoms with E-state index in [1.165, 1.54) is 10.9 Å². The summed E-state index contributed by atoms with van der Waals surface area (Å²) in [6.45, 7) is 0. The van der Waals surface area contributed by atoms with Gasteiger partial charge in [-0.15, -0.1) is 5.10 Å². The third kappa shape index (κ3) is 1.45. The van der Waals surface area contributed by atoms with E-state index in [4.69, 9.17) is 5.11 Å². The lowest BCUT2D eigenvalue weighted by atomic mass is 10.2. The Hall–Kier alpha value is -2.70. The zero-order valence-corrected chi connectivity index (χ0v) is 9.48. The fraction of sp³-hybridized carbons (Fsp3) is 0.0909. The maximum atomic E-state index is 11.0. The standard InChI is InChI=1S/C11H9N5O2/c1-15-6-12-8-4-7(2-3-9(8)15)16-10(11(17)18)5-13-14-16/h2-6H,1H3,(H,17,18). The Morgan fingerprint density at radius 2 is 2.22 bits per heavy atom. The maximum Gasteiger partial charge on any atom is 0.356 e. The molecule has 1 aromatic carbocycles. The molecule has 0 spiro atoms. The number of carboxylic acids is 1. The van der Waals surface area contributed by atoms with Crippen LogP contribution in [0, 0.1) is 0 Å². The minimum Gasteiger partial charge on any atom is -0.476 e. The van der Waals surface area contributed by atoms with E-state index in [0.717, 1.165) is 11.0 Å². The Bertz CT molecular complexity index is 743. The Kier molecular flexibility index (Phi) is 2.12. The van der Waals surface area contributed by atoms with Gasteiger partial charge in [-0.1, -0.05) is 5.21 Å². The van der Waals surface area contributed by atoms with Crippen molar-refractivity contribution in [1.29, 1.82) is 0 Å². The molecule has 90 valence electrons. The highest BCUT2D eigenvalue weighted by molar-refractivity contribution is 5.86. The SMILES string of the molecule is Cn1cnc2cc(-n3nncc3C(=O)O)ccc21. The minimum absolute atomic E-state index is 0.0188. The third-order valence-electron chi connectivity index (χ3n) is 2.72. The predicted octanol–water partition coefficient (Wildman–Crippen LogP) is 0.852. The first-order chi connectivity index (χ1) is 8.66. The molecular weight excluding hydrogens is 234 g/mol. The molecule has 0 atom stereocenters. The van der Waals surface area contributed by atoms with E-state index in [-0.39, 0.29) is 5.69 Å². The molecule has 0 amide bonds. The van der Waals surface area contributed by atoms with Crippen molar-refractivity contribution in [3.63, 3.8) is 0 Å². The van der Waals surface area contributed by atoms with Crippen molar-refractivity contribution < 1.29 is 9.90 Å². The monoisotopic (exact) mass is 243 g/mol. The van der Waals surface area contributed by atoms with Crippen molar-refractivity contribution in [2.24, 2.45) is 7.05 Å². The number of carbonyl (C=O) groups is 1. The summed E-state index contributed by atoms with van der Waals surface area (Å²) in [4.78, 5) is 15.2. The maximum absolute atomic E-state index is 11.0. The summed E-state index contributed by atoms with van der Waals surface area (Å²) >= 11 is 0. The summed E-state index contributed by atoms with van der Waals surface area (Å²) in [7, 11) is 1.90. The van der Waals surface area contributed by atoms with Gasteiger partial charge in [-0.3, -0.25) is 0 Å². The Balaban J connectivity index is 2.19. The van der Waals surface area contributed by atoms with Crippen LogP contribution in [-0.2, 0) is 7.05 Å². The van der Waals surface area contributed by atoms with Crippen LogP contribution in [0.5, 0.6) is 0 Å². The number of imidazole rings is 1. The second kappa shape index (κ2) is 3.66. The van der Waals surface area contributed by atoms with Crippen LogP contribution in [0.4, 0.5) is 0 Å². The first-order valence-electron chi connectivity index (χ1n) is 5.22. The fourth-order valence-corrected chi connectivity index (χ4v) is 1.83. The van der Waals surface area contributed by atoms with Gasteiger partial charge in [0.05, 0.1) is 29.2 Å². The molecule has 0 unspecified atom stereocenters.